The molecule has 0 N–H and O–H groups in total. The zero-order valence-electron chi connectivity index (χ0n) is 24.6. The smallest absolute Gasteiger partial charge is 0.310 e. The number of carbonyl (C=O) groups is 1. The van der Waals surface area contributed by atoms with E-state index in [0.717, 1.165) is 53.9 Å². The molecule has 3 fully saturated rings. The number of fused-ring (bicyclic) bond motifs is 5. The van der Waals surface area contributed by atoms with Crippen molar-refractivity contribution in [2.24, 2.45) is 46.3 Å². The van der Waals surface area contributed by atoms with Crippen LogP contribution in [0.25, 0.3) is 0 Å². The number of hydrogen-bond donors (Lipinski definition) is 0. The molecule has 4 aliphatic rings. The van der Waals surface area contributed by atoms with Gasteiger partial charge in [-0.05, 0) is 132 Å². The van der Waals surface area contributed by atoms with Crippen LogP contribution in [0.4, 0.5) is 0 Å². The van der Waals surface area contributed by atoms with Gasteiger partial charge in [0.1, 0.15) is 6.10 Å². The summed E-state index contributed by atoms with van der Waals surface area (Å²) < 4.78 is 7.22. The molecule has 5 rings (SSSR count). The first-order chi connectivity index (χ1) is 18.1. The van der Waals surface area contributed by atoms with Gasteiger partial charge in [0.25, 0.3) is 0 Å². The van der Waals surface area contributed by atoms with E-state index < -0.39 is 0 Å². The summed E-state index contributed by atoms with van der Waals surface area (Å²) in [6, 6.07) is 8.20. The van der Waals surface area contributed by atoms with Gasteiger partial charge in [-0.3, -0.25) is 4.79 Å². The fraction of sp³-hybridized carbons (Fsp3) is 0.743. The highest BCUT2D eigenvalue weighted by Gasteiger charge is 2.59. The molecule has 0 bridgehead atoms. The molecule has 1 aromatic rings. The lowest BCUT2D eigenvalue weighted by molar-refractivity contribution is -0.150. The molecule has 3 saturated carbocycles. The van der Waals surface area contributed by atoms with Gasteiger partial charge in [0, 0.05) is 9.99 Å². The summed E-state index contributed by atoms with van der Waals surface area (Å²) in [5.74, 6) is 5.13. The number of halogens is 1. The van der Waals surface area contributed by atoms with Crippen LogP contribution in [-0.2, 0) is 16.0 Å². The third-order valence-corrected chi connectivity index (χ3v) is 12.5. The summed E-state index contributed by atoms with van der Waals surface area (Å²) >= 11 is 2.31. The Morgan fingerprint density at radius 2 is 1.87 bits per heavy atom. The van der Waals surface area contributed by atoms with E-state index in [9.17, 15) is 4.79 Å². The second kappa shape index (κ2) is 11.6. The predicted molar refractivity (Wildman–Crippen MR) is 166 cm³/mol. The van der Waals surface area contributed by atoms with E-state index in [-0.39, 0.29) is 12.1 Å². The lowest BCUT2D eigenvalue weighted by Gasteiger charge is -2.58. The lowest BCUT2D eigenvalue weighted by Crippen LogP contribution is -2.51. The van der Waals surface area contributed by atoms with Crippen LogP contribution in [0.15, 0.2) is 35.9 Å². The molecule has 8 unspecified atom stereocenters. The molecule has 210 valence electrons. The molecular weight excluding hydrogens is 579 g/mol. The summed E-state index contributed by atoms with van der Waals surface area (Å²) in [7, 11) is 0. The maximum atomic E-state index is 12.8. The summed E-state index contributed by atoms with van der Waals surface area (Å²) in [4.78, 5) is 12.8. The molecule has 3 heteroatoms. The maximum Gasteiger partial charge on any atom is 0.310 e. The topological polar surface area (TPSA) is 26.3 Å². The normalized spacial score (nSPS) is 37.1. The van der Waals surface area contributed by atoms with Crippen molar-refractivity contribution in [3.05, 3.63) is 45.0 Å². The summed E-state index contributed by atoms with van der Waals surface area (Å²) in [5.41, 5.74) is 3.51. The largest absolute Gasteiger partial charge is 0.462 e. The molecule has 1 aromatic carbocycles. The first-order valence-electron chi connectivity index (χ1n) is 15.7. The average molecular weight is 631 g/mol. The first-order valence-corrected chi connectivity index (χ1v) is 16.8. The molecule has 8 atom stereocenters. The van der Waals surface area contributed by atoms with Crippen LogP contribution in [-0.4, -0.2) is 12.1 Å². The number of esters is 1. The Kier molecular flexibility index (Phi) is 8.73. The minimum absolute atomic E-state index is 0.0533. The van der Waals surface area contributed by atoms with Crippen LogP contribution in [0.3, 0.4) is 0 Å². The number of allylic oxidation sites excluding steroid dienone is 1. The first kappa shape index (κ1) is 28.7. The third kappa shape index (κ3) is 5.66. The standard InChI is InChI=1S/C35H51IO2/c1-23(2)8-6-9-24(3)30-14-15-31-29-13-12-26-22-28(38-33(37)21-25-10-7-11-27(36)20-25)16-18-34(26,4)32(29)17-19-35(30,31)5/h7,10-12,20,23-24,28-32H,6,8-9,13-19,21-22H2,1-5H3. The number of rotatable bonds is 8. The second-order valence-electron chi connectivity index (χ2n) is 14.5. The molecule has 0 aliphatic heterocycles. The Hall–Kier alpha value is -0.840. The SMILES string of the molecule is CC(C)CCCC(C)C1CCC2C3CC=C4CC(OC(=O)Cc5cccc(I)c5)CCC4(C)C3CCC12C. The fourth-order valence-electron chi connectivity index (χ4n) is 9.79. The molecule has 2 nitrogen and oxygen atoms in total. The fourth-order valence-corrected chi connectivity index (χ4v) is 10.4. The van der Waals surface area contributed by atoms with Crippen molar-refractivity contribution in [2.45, 2.75) is 118 Å². The van der Waals surface area contributed by atoms with Crippen molar-refractivity contribution >= 4 is 28.6 Å². The maximum absolute atomic E-state index is 12.8. The Bertz CT molecular complexity index is 1030. The van der Waals surface area contributed by atoms with E-state index in [1.54, 1.807) is 5.57 Å². The minimum Gasteiger partial charge on any atom is -0.462 e. The number of carbonyl (C=O) groups excluding carboxylic acids is 1. The third-order valence-electron chi connectivity index (χ3n) is 11.8. The number of benzene rings is 1. The molecule has 0 saturated heterocycles. The van der Waals surface area contributed by atoms with Crippen molar-refractivity contribution in [3.8, 4) is 0 Å². The van der Waals surface area contributed by atoms with Gasteiger partial charge in [0.2, 0.25) is 0 Å². The van der Waals surface area contributed by atoms with Crippen LogP contribution in [0.1, 0.15) is 111 Å². The second-order valence-corrected chi connectivity index (χ2v) is 15.7. The van der Waals surface area contributed by atoms with Crippen LogP contribution in [0, 0.1) is 49.9 Å². The van der Waals surface area contributed by atoms with Crippen molar-refractivity contribution in [1.29, 1.82) is 0 Å². The Morgan fingerprint density at radius 3 is 2.63 bits per heavy atom. The molecule has 0 heterocycles. The van der Waals surface area contributed by atoms with E-state index in [4.69, 9.17) is 4.74 Å². The Balaban J connectivity index is 1.22. The molecular formula is C35H51IO2. The summed E-state index contributed by atoms with van der Waals surface area (Å²) in [5, 5.41) is 0. The van der Waals surface area contributed by atoms with Crippen LogP contribution in [0.5, 0.6) is 0 Å². The van der Waals surface area contributed by atoms with Gasteiger partial charge in [0.05, 0.1) is 6.42 Å². The molecule has 0 spiro atoms. The van der Waals surface area contributed by atoms with E-state index in [0.29, 0.717) is 17.3 Å². The zero-order chi connectivity index (χ0) is 27.1. The number of ether oxygens (including phenoxy) is 1. The predicted octanol–water partition coefficient (Wildman–Crippen LogP) is 9.79. The monoisotopic (exact) mass is 630 g/mol. The van der Waals surface area contributed by atoms with E-state index >= 15 is 0 Å². The molecule has 0 aromatic heterocycles. The van der Waals surface area contributed by atoms with Crippen molar-refractivity contribution in [1.82, 2.24) is 0 Å². The molecule has 0 radical (unpaired) electrons. The Labute approximate surface area is 246 Å². The quantitative estimate of drug-likeness (QED) is 0.162. The highest BCUT2D eigenvalue weighted by Crippen LogP contribution is 2.67. The van der Waals surface area contributed by atoms with Crippen LogP contribution in [0.2, 0.25) is 0 Å². The average Bonchev–Trinajstić information content (AvgIpc) is 3.21. The van der Waals surface area contributed by atoms with Crippen molar-refractivity contribution < 1.29 is 9.53 Å². The van der Waals surface area contributed by atoms with E-state index in [2.05, 4.69) is 75.4 Å². The van der Waals surface area contributed by atoms with Gasteiger partial charge in [-0.2, -0.15) is 0 Å². The van der Waals surface area contributed by atoms with Gasteiger partial charge in [-0.15, -0.1) is 0 Å². The zero-order valence-corrected chi connectivity index (χ0v) is 26.8. The van der Waals surface area contributed by atoms with Gasteiger partial charge >= 0.3 is 5.97 Å². The minimum atomic E-state index is -0.0668. The molecule has 0 amide bonds. The van der Waals surface area contributed by atoms with Gasteiger partial charge in [-0.25, -0.2) is 0 Å². The molecule has 38 heavy (non-hydrogen) atoms. The van der Waals surface area contributed by atoms with E-state index in [1.807, 2.05) is 12.1 Å². The lowest BCUT2D eigenvalue weighted by atomic mass is 9.47. The van der Waals surface area contributed by atoms with Crippen molar-refractivity contribution in [3.63, 3.8) is 0 Å². The highest BCUT2D eigenvalue weighted by molar-refractivity contribution is 14.1. The molecule has 4 aliphatic carbocycles. The summed E-state index contributed by atoms with van der Waals surface area (Å²) in [6.07, 6.45) is 17.4. The van der Waals surface area contributed by atoms with Gasteiger partial charge in [-0.1, -0.05) is 77.7 Å². The van der Waals surface area contributed by atoms with Crippen LogP contribution < -0.4 is 0 Å². The van der Waals surface area contributed by atoms with Crippen LogP contribution >= 0.6 is 22.6 Å². The summed E-state index contributed by atoms with van der Waals surface area (Å²) in [6.45, 7) is 12.6. The van der Waals surface area contributed by atoms with Gasteiger partial charge < -0.3 is 4.74 Å². The highest BCUT2D eigenvalue weighted by atomic mass is 127. The van der Waals surface area contributed by atoms with Gasteiger partial charge in [0.15, 0.2) is 0 Å². The Morgan fingerprint density at radius 1 is 1.05 bits per heavy atom. The van der Waals surface area contributed by atoms with E-state index in [1.165, 1.54) is 61.4 Å². The van der Waals surface area contributed by atoms with Crippen molar-refractivity contribution in [2.75, 3.05) is 0 Å². The number of hydrogen-bond acceptors (Lipinski definition) is 2.